The highest BCUT2D eigenvalue weighted by atomic mass is 31.3. The maximum Gasteiger partial charge on any atom is 0.490 e. The number of aromatic nitrogens is 4. The van der Waals surface area contributed by atoms with Gasteiger partial charge in [0, 0.05) is 4.90 Å². The molecule has 5 rings (SSSR count). The van der Waals surface area contributed by atoms with Gasteiger partial charge in [0.1, 0.15) is 30.2 Å². The average molecular weight is 718 g/mol. The molecule has 2 aromatic rings. The highest BCUT2D eigenvalue weighted by molar-refractivity contribution is 7.66. The van der Waals surface area contributed by atoms with Crippen molar-refractivity contribution in [1.82, 2.24) is 19.5 Å². The fourth-order valence-corrected chi connectivity index (χ4v) is 7.64. The molecular weight excluding hydrogens is 701 g/mol. The summed E-state index contributed by atoms with van der Waals surface area (Å²) in [7, 11) is -17.4. The Labute approximate surface area is 251 Å². The molecule has 2 saturated heterocycles. The van der Waals surface area contributed by atoms with Gasteiger partial charge in [0.2, 0.25) is 0 Å². The third-order valence-electron chi connectivity index (χ3n) is 6.23. The number of anilines is 1. The zero-order valence-corrected chi connectivity index (χ0v) is 24.5. The molecule has 0 bridgehead atoms. The number of ether oxygens (including phenoxy) is 3. The van der Waals surface area contributed by atoms with Gasteiger partial charge in [-0.15, -0.1) is 0 Å². The van der Waals surface area contributed by atoms with Crippen LogP contribution >= 0.6 is 23.5 Å². The van der Waals surface area contributed by atoms with Crippen LogP contribution in [0.25, 0.3) is 11.2 Å². The molecule has 2 fully saturated rings. The van der Waals surface area contributed by atoms with Gasteiger partial charge < -0.3 is 44.7 Å². The lowest BCUT2D eigenvalue weighted by molar-refractivity contribution is -0.725. The standard InChI is InChI=1S/C16H17N8O19P3/c17-13-10-14(19-4-18-13)21(5-20-10)15-12-11(7(39-15)3-38-45(34,35)43-46(36,37)42-44(31,32)33)40-16(41-12)8(23(27)28)1-6(22(25)26)2-9(16)24(29)30/h1-2,4-5,7,11-12,15H,3H2,(H,25,26)(H,34,35)(H,36,37)(H2,17,18,19)(H2,31,32,33). The Morgan fingerprint density at radius 1 is 0.957 bits per heavy atom. The van der Waals surface area contributed by atoms with Crippen LogP contribution in [0.3, 0.4) is 0 Å². The first kappa shape index (κ1) is 33.6. The van der Waals surface area contributed by atoms with E-state index in [1.54, 1.807) is 0 Å². The molecule has 1 spiro atoms. The lowest BCUT2D eigenvalue weighted by Crippen LogP contribution is -2.46. The Morgan fingerprint density at radius 3 is 2.13 bits per heavy atom. The predicted molar refractivity (Wildman–Crippen MR) is 137 cm³/mol. The number of nitrogens with zero attached hydrogens (tertiary/aromatic N) is 7. The van der Waals surface area contributed by atoms with E-state index in [9.17, 15) is 54.1 Å². The summed E-state index contributed by atoms with van der Waals surface area (Å²) in [5.41, 5.74) is 2.28. The van der Waals surface area contributed by atoms with Crippen LogP contribution in [0.1, 0.15) is 6.23 Å². The van der Waals surface area contributed by atoms with Crippen LogP contribution < -0.4 is 5.73 Å². The number of nitro groups is 2. The first-order valence-corrected chi connectivity index (χ1v) is 16.2. The number of nitrogen functional groups attached to an aromatic ring is 1. The van der Waals surface area contributed by atoms with Crippen LogP contribution in [-0.4, -0.2) is 95.5 Å². The molecule has 30 heteroatoms. The smallest absolute Gasteiger partial charge is 0.417 e. The van der Waals surface area contributed by atoms with Crippen LogP contribution in [0.5, 0.6) is 0 Å². The fraction of sp³-hybridized carbons (Fsp3) is 0.375. The zero-order chi connectivity index (χ0) is 34.0. The van der Waals surface area contributed by atoms with Crippen molar-refractivity contribution in [3.8, 4) is 0 Å². The van der Waals surface area contributed by atoms with E-state index in [0.29, 0.717) is 12.2 Å². The molecule has 46 heavy (non-hydrogen) atoms. The van der Waals surface area contributed by atoms with Gasteiger partial charge in [0.25, 0.3) is 5.71 Å². The lowest BCUT2D eigenvalue weighted by atomic mass is 10.0. The number of nitrogens with two attached hydrogens (primary N) is 1. The minimum absolute atomic E-state index is 0.0140. The summed E-state index contributed by atoms with van der Waals surface area (Å²) in [6, 6.07) is 0. The minimum atomic E-state index is -5.94. The Hall–Kier alpha value is -3.81. The predicted octanol–water partition coefficient (Wildman–Crippen LogP) is -1.20. The van der Waals surface area contributed by atoms with E-state index < -0.39 is 92.3 Å². The highest BCUT2D eigenvalue weighted by Crippen LogP contribution is 2.66. The molecule has 250 valence electrons. The molecule has 7 N–H and O–H groups in total. The van der Waals surface area contributed by atoms with Crippen LogP contribution in [0.4, 0.5) is 5.82 Å². The summed E-state index contributed by atoms with van der Waals surface area (Å²) in [4.78, 5) is 69.4. The largest absolute Gasteiger partial charge is 0.490 e. The van der Waals surface area contributed by atoms with E-state index in [-0.39, 0.29) is 17.0 Å². The molecule has 2 aliphatic heterocycles. The molecule has 3 aliphatic rings. The summed E-state index contributed by atoms with van der Waals surface area (Å²) < 4.78 is 65.3. The number of rotatable bonds is 10. The van der Waals surface area contributed by atoms with Crippen molar-refractivity contribution in [2.45, 2.75) is 30.3 Å². The van der Waals surface area contributed by atoms with Crippen LogP contribution in [0.2, 0.25) is 0 Å². The Kier molecular flexibility index (Phi) is 8.36. The number of hydrogen-bond acceptors (Lipinski definition) is 19. The molecule has 6 atom stereocenters. The maximum absolute atomic E-state index is 12.4. The molecule has 2 aromatic heterocycles. The number of allylic oxidation sites excluding steroid dienone is 2. The quantitative estimate of drug-likeness (QED) is 0.0552. The van der Waals surface area contributed by atoms with Gasteiger partial charge >= 0.3 is 40.6 Å². The number of imidazole rings is 1. The Balaban J connectivity index is 1.54. The minimum Gasteiger partial charge on any atom is -0.417 e. The maximum atomic E-state index is 12.4. The van der Waals surface area contributed by atoms with E-state index in [4.69, 9.17) is 29.7 Å². The molecule has 4 heterocycles. The lowest BCUT2D eigenvalue weighted by Gasteiger charge is -2.27. The summed E-state index contributed by atoms with van der Waals surface area (Å²) >= 11 is 0. The van der Waals surface area contributed by atoms with Gasteiger partial charge in [-0.3, -0.25) is 34.5 Å². The fourth-order valence-electron chi connectivity index (χ4n) is 4.61. The van der Waals surface area contributed by atoms with Gasteiger partial charge in [0.05, 0.1) is 34.9 Å². The topological polar surface area (TPSA) is 390 Å². The van der Waals surface area contributed by atoms with E-state index >= 15 is 0 Å². The zero-order valence-electron chi connectivity index (χ0n) is 21.8. The first-order valence-electron chi connectivity index (χ1n) is 11.7. The average Bonchev–Trinajstić information content (AvgIpc) is 3.58. The summed E-state index contributed by atoms with van der Waals surface area (Å²) in [5.74, 6) is -3.13. The van der Waals surface area contributed by atoms with Crippen molar-refractivity contribution < 1.29 is 80.6 Å². The number of fused-ring (bicyclic) bond motifs is 2. The molecular formula is C16H17N8O19P3. The second-order valence-electron chi connectivity index (χ2n) is 9.09. The SMILES string of the molecule is Nc1ncnc2c1ncn2C1OC(COP(=O)(O)OP(=O)(O)OP(=O)(O)O)C2OC3(OC21)C([N+](=O)[O-])=CC(=[N+]([O-])O)C=C3[N+](=O)[O-]. The van der Waals surface area contributed by atoms with Crippen molar-refractivity contribution in [3.63, 3.8) is 0 Å². The third kappa shape index (κ3) is 6.27. The molecule has 0 amide bonds. The van der Waals surface area contributed by atoms with Gasteiger partial charge in [-0.2, -0.15) is 8.62 Å². The number of phosphoric ester groups is 1. The van der Waals surface area contributed by atoms with Crippen molar-refractivity contribution in [2.24, 2.45) is 0 Å². The Morgan fingerprint density at radius 2 is 1.57 bits per heavy atom. The van der Waals surface area contributed by atoms with Crippen molar-refractivity contribution in [2.75, 3.05) is 12.3 Å². The summed E-state index contributed by atoms with van der Waals surface area (Å²) in [5, 5.41) is 44.9. The number of hydrogen-bond donors (Lipinski definition) is 6. The molecule has 0 aromatic carbocycles. The second kappa shape index (κ2) is 11.5. The third-order valence-corrected chi connectivity index (χ3v) is 10.0. The second-order valence-corrected chi connectivity index (χ2v) is 13.5. The summed E-state index contributed by atoms with van der Waals surface area (Å²) in [6.45, 7) is -1.19. The van der Waals surface area contributed by atoms with Crippen LogP contribution in [0, 0.1) is 25.4 Å². The molecule has 6 unspecified atom stereocenters. The number of phosphoric acid groups is 3. The van der Waals surface area contributed by atoms with Crippen LogP contribution in [-0.2, 0) is 41.1 Å². The highest BCUT2D eigenvalue weighted by Gasteiger charge is 2.70. The van der Waals surface area contributed by atoms with E-state index in [1.807, 2.05) is 0 Å². The first-order chi connectivity index (χ1) is 21.2. The van der Waals surface area contributed by atoms with Gasteiger partial charge in [0.15, 0.2) is 17.7 Å². The summed E-state index contributed by atoms with van der Waals surface area (Å²) in [6.07, 6.45) is -3.72. The molecule has 0 radical (unpaired) electrons. The van der Waals surface area contributed by atoms with E-state index in [2.05, 4.69) is 28.1 Å². The normalized spacial score (nSPS) is 28.7. The Bertz CT molecular complexity index is 1830. The van der Waals surface area contributed by atoms with E-state index in [1.165, 1.54) is 0 Å². The van der Waals surface area contributed by atoms with Gasteiger partial charge in [-0.1, -0.05) is 0 Å². The van der Waals surface area contributed by atoms with Crippen LogP contribution in [0.15, 0.2) is 36.2 Å². The van der Waals surface area contributed by atoms with Gasteiger partial charge in [-0.25, -0.2) is 28.6 Å². The van der Waals surface area contributed by atoms with Gasteiger partial charge in [-0.05, 0) is 0 Å². The van der Waals surface area contributed by atoms with Crippen molar-refractivity contribution in [1.29, 1.82) is 0 Å². The molecule has 0 saturated carbocycles. The van der Waals surface area contributed by atoms with E-state index in [0.717, 1.165) is 17.2 Å². The monoisotopic (exact) mass is 718 g/mol. The van der Waals surface area contributed by atoms with Crippen molar-refractivity contribution >= 4 is 46.2 Å². The van der Waals surface area contributed by atoms with Crippen molar-refractivity contribution in [3.05, 3.63) is 61.6 Å². The molecule has 27 nitrogen and oxygen atoms in total. The molecule has 1 aliphatic carbocycles.